The van der Waals surface area contributed by atoms with Crippen molar-refractivity contribution in [3.8, 4) is 0 Å². The van der Waals surface area contributed by atoms with Crippen LogP contribution in [0.2, 0.25) is 0 Å². The van der Waals surface area contributed by atoms with Crippen molar-refractivity contribution < 1.29 is 14.4 Å². The third kappa shape index (κ3) is 4.53. The molecule has 3 N–H and O–H groups in total. The topological polar surface area (TPSA) is 91.1 Å². The molecule has 0 aliphatic rings. The number of rotatable bonds is 5. The maximum atomic E-state index is 11.9. The van der Waals surface area contributed by atoms with Gasteiger partial charge in [0.2, 0.25) is 5.91 Å². The highest BCUT2D eigenvalue weighted by Gasteiger charge is 2.12. The normalized spacial score (nSPS) is 10.2. The molecular formula is C16H16BrN3O3. The predicted molar refractivity (Wildman–Crippen MR) is 90.6 cm³/mol. The molecular weight excluding hydrogens is 362 g/mol. The van der Waals surface area contributed by atoms with Gasteiger partial charge in [0.15, 0.2) is 5.78 Å². The summed E-state index contributed by atoms with van der Waals surface area (Å²) >= 11 is 3.39. The van der Waals surface area contributed by atoms with Gasteiger partial charge in [-0.25, -0.2) is 0 Å². The van der Waals surface area contributed by atoms with Gasteiger partial charge in [0, 0.05) is 21.9 Å². The number of hydrogen-bond donors (Lipinski definition) is 3. The van der Waals surface area contributed by atoms with E-state index in [0.29, 0.717) is 11.3 Å². The molecule has 1 heterocycles. The van der Waals surface area contributed by atoms with E-state index < -0.39 is 5.91 Å². The van der Waals surface area contributed by atoms with Gasteiger partial charge >= 0.3 is 0 Å². The number of Topliss-reactive ketones (excluding diaryl/α,β-unsaturated/α-hetero) is 1. The molecule has 0 aliphatic carbocycles. The molecule has 0 unspecified atom stereocenters. The fourth-order valence-corrected chi connectivity index (χ4v) is 2.16. The first kappa shape index (κ1) is 17.0. The largest absolute Gasteiger partial charge is 0.356 e. The second-order valence-electron chi connectivity index (χ2n) is 5.05. The molecule has 1 aromatic carbocycles. The molecule has 0 bridgehead atoms. The summed E-state index contributed by atoms with van der Waals surface area (Å²) in [4.78, 5) is 37.6. The molecule has 2 aromatic rings. The fourth-order valence-electron chi connectivity index (χ4n) is 1.91. The zero-order valence-electron chi connectivity index (χ0n) is 12.7. The van der Waals surface area contributed by atoms with Crippen LogP contribution in [-0.4, -0.2) is 29.1 Å². The van der Waals surface area contributed by atoms with Crippen molar-refractivity contribution in [1.82, 2.24) is 10.3 Å². The summed E-state index contributed by atoms with van der Waals surface area (Å²) in [5.41, 5.74) is 2.31. The molecule has 7 heteroatoms. The van der Waals surface area contributed by atoms with Gasteiger partial charge in [0.05, 0.1) is 6.54 Å². The average Bonchev–Trinajstić information content (AvgIpc) is 2.99. The number of carbonyl (C=O) groups excluding carboxylic acids is 3. The molecule has 120 valence electrons. The van der Waals surface area contributed by atoms with Crippen LogP contribution in [0.25, 0.3) is 0 Å². The maximum Gasteiger partial charge on any atom is 0.268 e. The van der Waals surface area contributed by atoms with Crippen LogP contribution in [0.1, 0.15) is 33.3 Å². The molecule has 23 heavy (non-hydrogen) atoms. The standard InChI is InChI=1S/C16H16BrN3O3/c1-9-5-12(3-4-13(9)17)20-15(22)8-19-16(23)14-6-11(7-18-14)10(2)21/h3-7,18H,8H2,1-2H3,(H,19,23)(H,20,22). The van der Waals surface area contributed by atoms with Crippen molar-refractivity contribution in [2.75, 3.05) is 11.9 Å². The van der Waals surface area contributed by atoms with Crippen molar-refractivity contribution >= 4 is 39.2 Å². The fraction of sp³-hybridized carbons (Fsp3) is 0.188. The number of amides is 2. The second kappa shape index (κ2) is 7.23. The van der Waals surface area contributed by atoms with Gasteiger partial charge in [0.1, 0.15) is 5.69 Å². The molecule has 0 atom stereocenters. The lowest BCUT2D eigenvalue weighted by atomic mass is 10.2. The number of aryl methyl sites for hydroxylation is 1. The Morgan fingerprint density at radius 2 is 1.96 bits per heavy atom. The van der Waals surface area contributed by atoms with Crippen molar-refractivity contribution in [2.24, 2.45) is 0 Å². The maximum absolute atomic E-state index is 11.9. The van der Waals surface area contributed by atoms with Crippen LogP contribution < -0.4 is 10.6 Å². The van der Waals surface area contributed by atoms with Crippen molar-refractivity contribution in [1.29, 1.82) is 0 Å². The van der Waals surface area contributed by atoms with Gasteiger partial charge in [-0.3, -0.25) is 14.4 Å². The Balaban J connectivity index is 1.89. The monoisotopic (exact) mass is 377 g/mol. The minimum atomic E-state index is -0.445. The smallest absolute Gasteiger partial charge is 0.268 e. The van der Waals surface area contributed by atoms with Crippen LogP contribution in [0.15, 0.2) is 34.9 Å². The van der Waals surface area contributed by atoms with E-state index in [1.807, 2.05) is 19.1 Å². The quantitative estimate of drug-likeness (QED) is 0.699. The lowest BCUT2D eigenvalue weighted by Gasteiger charge is -2.08. The lowest BCUT2D eigenvalue weighted by molar-refractivity contribution is -0.115. The van der Waals surface area contributed by atoms with Gasteiger partial charge in [-0.15, -0.1) is 0 Å². The van der Waals surface area contributed by atoms with Gasteiger partial charge in [-0.05, 0) is 43.7 Å². The third-order valence-corrected chi connectivity index (χ3v) is 4.08. The first-order valence-corrected chi connectivity index (χ1v) is 7.69. The minimum absolute atomic E-state index is 0.136. The molecule has 0 aliphatic heterocycles. The third-order valence-electron chi connectivity index (χ3n) is 3.19. The Bertz CT molecular complexity index is 768. The van der Waals surface area contributed by atoms with Crippen LogP contribution in [0, 0.1) is 6.92 Å². The molecule has 1 aromatic heterocycles. The first-order valence-electron chi connectivity index (χ1n) is 6.90. The van der Waals surface area contributed by atoms with E-state index in [1.165, 1.54) is 19.2 Å². The zero-order chi connectivity index (χ0) is 17.0. The Hall–Kier alpha value is -2.41. The number of H-pyrrole nitrogens is 1. The first-order chi connectivity index (χ1) is 10.9. The molecule has 0 spiro atoms. The van der Waals surface area contributed by atoms with Gasteiger partial charge in [-0.2, -0.15) is 0 Å². The van der Waals surface area contributed by atoms with E-state index >= 15 is 0 Å². The van der Waals surface area contributed by atoms with E-state index in [2.05, 4.69) is 31.5 Å². The van der Waals surface area contributed by atoms with E-state index in [4.69, 9.17) is 0 Å². The van der Waals surface area contributed by atoms with Gasteiger partial charge in [0.25, 0.3) is 5.91 Å². The van der Waals surface area contributed by atoms with Gasteiger partial charge < -0.3 is 15.6 Å². The SMILES string of the molecule is CC(=O)c1c[nH]c(C(=O)NCC(=O)Nc2ccc(Br)c(C)c2)c1. The number of nitrogens with one attached hydrogen (secondary N) is 3. The summed E-state index contributed by atoms with van der Waals surface area (Å²) in [7, 11) is 0. The molecule has 6 nitrogen and oxygen atoms in total. The number of hydrogen-bond acceptors (Lipinski definition) is 3. The Labute approximate surface area is 141 Å². The van der Waals surface area contributed by atoms with Crippen LogP contribution in [-0.2, 0) is 4.79 Å². The number of aromatic nitrogens is 1. The highest BCUT2D eigenvalue weighted by Crippen LogP contribution is 2.19. The summed E-state index contributed by atoms with van der Waals surface area (Å²) in [6, 6.07) is 6.88. The molecule has 2 amide bonds. The highest BCUT2D eigenvalue weighted by atomic mass is 79.9. The summed E-state index contributed by atoms with van der Waals surface area (Å²) in [6.45, 7) is 3.17. The molecule has 0 saturated heterocycles. The Morgan fingerprint density at radius 3 is 2.57 bits per heavy atom. The van der Waals surface area contributed by atoms with Crippen molar-refractivity contribution in [2.45, 2.75) is 13.8 Å². The molecule has 2 rings (SSSR count). The number of ketones is 1. The molecule has 0 radical (unpaired) electrons. The predicted octanol–water partition coefficient (Wildman–Crippen LogP) is 2.66. The minimum Gasteiger partial charge on any atom is -0.356 e. The van der Waals surface area contributed by atoms with Crippen molar-refractivity contribution in [3.63, 3.8) is 0 Å². The van der Waals surface area contributed by atoms with E-state index in [9.17, 15) is 14.4 Å². The van der Waals surface area contributed by atoms with E-state index in [0.717, 1.165) is 10.0 Å². The number of aromatic amines is 1. The van der Waals surface area contributed by atoms with E-state index in [-0.39, 0.29) is 23.9 Å². The summed E-state index contributed by atoms with van der Waals surface area (Å²) in [6.07, 6.45) is 1.46. The van der Waals surface area contributed by atoms with Crippen molar-refractivity contribution in [3.05, 3.63) is 51.8 Å². The summed E-state index contributed by atoms with van der Waals surface area (Å²) < 4.78 is 0.955. The Kier molecular flexibility index (Phi) is 5.33. The average molecular weight is 378 g/mol. The molecule has 0 saturated carbocycles. The van der Waals surface area contributed by atoms with E-state index in [1.54, 1.807) is 6.07 Å². The van der Waals surface area contributed by atoms with Crippen LogP contribution in [0.4, 0.5) is 5.69 Å². The molecule has 0 fully saturated rings. The summed E-state index contributed by atoms with van der Waals surface area (Å²) in [5, 5.41) is 5.20. The second-order valence-corrected chi connectivity index (χ2v) is 5.91. The number of halogens is 1. The van der Waals surface area contributed by atoms with Crippen LogP contribution >= 0.6 is 15.9 Å². The van der Waals surface area contributed by atoms with Crippen LogP contribution in [0.3, 0.4) is 0 Å². The van der Waals surface area contributed by atoms with Gasteiger partial charge in [-0.1, -0.05) is 15.9 Å². The van der Waals surface area contributed by atoms with Crippen LogP contribution in [0.5, 0.6) is 0 Å². The highest BCUT2D eigenvalue weighted by molar-refractivity contribution is 9.10. The lowest BCUT2D eigenvalue weighted by Crippen LogP contribution is -2.33. The number of carbonyl (C=O) groups is 3. The number of benzene rings is 1. The summed E-state index contributed by atoms with van der Waals surface area (Å²) in [5.74, 6) is -0.915. The number of anilines is 1. The zero-order valence-corrected chi connectivity index (χ0v) is 14.3. The Morgan fingerprint density at radius 1 is 1.22 bits per heavy atom.